The van der Waals surface area contributed by atoms with Gasteiger partial charge in [-0.15, -0.1) is 0 Å². The Morgan fingerprint density at radius 2 is 2.06 bits per heavy atom. The number of aliphatic carboxylic acids is 1. The summed E-state index contributed by atoms with van der Waals surface area (Å²) in [5.74, 6) is 0.161. The zero-order chi connectivity index (χ0) is 13.2. The van der Waals surface area contributed by atoms with E-state index in [4.69, 9.17) is 0 Å². The number of hydrogen-bond acceptors (Lipinski definition) is 3. The van der Waals surface area contributed by atoms with E-state index in [0.717, 1.165) is 38.4 Å². The van der Waals surface area contributed by atoms with Crippen LogP contribution >= 0.6 is 0 Å². The van der Waals surface area contributed by atoms with E-state index in [1.54, 1.807) is 0 Å². The normalized spacial score (nSPS) is 23.1. The molecule has 0 heterocycles. The summed E-state index contributed by atoms with van der Waals surface area (Å²) in [5, 5.41) is 12.7. The smallest absolute Gasteiger partial charge is 0.323 e. The van der Waals surface area contributed by atoms with E-state index in [9.17, 15) is 9.90 Å². The van der Waals surface area contributed by atoms with E-state index < -0.39 is 11.5 Å². The summed E-state index contributed by atoms with van der Waals surface area (Å²) in [6.45, 7) is 7.05. The molecule has 4 nitrogen and oxygen atoms in total. The molecule has 1 unspecified atom stereocenters. The molecule has 2 N–H and O–H groups in total. The summed E-state index contributed by atoms with van der Waals surface area (Å²) in [6, 6.07) is 0.435. The van der Waals surface area contributed by atoms with Gasteiger partial charge in [-0.05, 0) is 51.5 Å². The molecule has 0 radical (unpaired) electrons. The third-order valence-corrected chi connectivity index (χ3v) is 4.16. The molecule has 0 aliphatic heterocycles. The molecule has 0 aromatic carbocycles. The minimum absolute atomic E-state index is 0.435. The number of carbonyl (C=O) groups is 1. The van der Waals surface area contributed by atoms with Crippen LogP contribution in [0.5, 0.6) is 0 Å². The van der Waals surface area contributed by atoms with E-state index >= 15 is 0 Å². The molecule has 0 spiro atoms. The van der Waals surface area contributed by atoms with Crippen molar-refractivity contribution in [2.75, 3.05) is 19.6 Å². The highest BCUT2D eigenvalue weighted by molar-refractivity contribution is 5.78. The number of nitrogens with one attached hydrogen (secondary N) is 1. The molecule has 0 amide bonds. The van der Waals surface area contributed by atoms with Crippen LogP contribution in [0.15, 0.2) is 0 Å². The van der Waals surface area contributed by atoms with Crippen molar-refractivity contribution in [3.8, 4) is 0 Å². The zero-order valence-corrected chi connectivity index (χ0v) is 11.6. The summed E-state index contributed by atoms with van der Waals surface area (Å²) < 4.78 is 0. The van der Waals surface area contributed by atoms with Crippen molar-refractivity contribution in [1.29, 1.82) is 0 Å². The van der Waals surface area contributed by atoms with Crippen molar-refractivity contribution in [2.45, 2.75) is 57.5 Å². The molecule has 2 fully saturated rings. The van der Waals surface area contributed by atoms with Crippen LogP contribution in [0.1, 0.15) is 46.0 Å². The average molecular weight is 254 g/mol. The second-order valence-corrected chi connectivity index (χ2v) is 6.14. The molecule has 0 aromatic heterocycles. The SMILES string of the molecule is CCN(CCC(C)(NC1CC1)C(=O)O)CC1CC1. The van der Waals surface area contributed by atoms with Crippen molar-refractivity contribution in [2.24, 2.45) is 5.92 Å². The molecule has 0 aromatic rings. The fraction of sp³-hybridized carbons (Fsp3) is 0.929. The summed E-state index contributed by atoms with van der Waals surface area (Å²) >= 11 is 0. The fourth-order valence-electron chi connectivity index (χ4n) is 2.34. The van der Waals surface area contributed by atoms with Crippen molar-refractivity contribution in [3.05, 3.63) is 0 Å². The van der Waals surface area contributed by atoms with Gasteiger partial charge in [-0.25, -0.2) is 0 Å². The first-order valence-corrected chi connectivity index (χ1v) is 7.27. The molecule has 4 heteroatoms. The summed E-state index contributed by atoms with van der Waals surface area (Å²) in [6.07, 6.45) is 5.66. The van der Waals surface area contributed by atoms with Crippen LogP contribution in [0, 0.1) is 5.92 Å². The first kappa shape index (κ1) is 13.8. The third-order valence-electron chi connectivity index (χ3n) is 4.16. The average Bonchev–Trinajstić information content (AvgIpc) is 3.19. The van der Waals surface area contributed by atoms with Crippen LogP contribution in [0.2, 0.25) is 0 Å². The third kappa shape index (κ3) is 3.95. The monoisotopic (exact) mass is 254 g/mol. The highest BCUT2D eigenvalue weighted by atomic mass is 16.4. The van der Waals surface area contributed by atoms with Gasteiger partial charge in [0, 0.05) is 19.1 Å². The highest BCUT2D eigenvalue weighted by Crippen LogP contribution is 2.30. The maximum absolute atomic E-state index is 11.4. The molecule has 104 valence electrons. The lowest BCUT2D eigenvalue weighted by molar-refractivity contribution is -0.144. The van der Waals surface area contributed by atoms with Gasteiger partial charge in [0.25, 0.3) is 0 Å². The molecule has 2 aliphatic rings. The van der Waals surface area contributed by atoms with Crippen molar-refractivity contribution < 1.29 is 9.90 Å². The van der Waals surface area contributed by atoms with Gasteiger partial charge in [0.05, 0.1) is 0 Å². The summed E-state index contributed by atoms with van der Waals surface area (Å²) in [7, 11) is 0. The van der Waals surface area contributed by atoms with E-state index in [-0.39, 0.29) is 0 Å². The molecule has 1 atom stereocenters. The quantitative estimate of drug-likeness (QED) is 0.657. The maximum atomic E-state index is 11.4. The first-order valence-electron chi connectivity index (χ1n) is 7.27. The Labute approximate surface area is 110 Å². The molecule has 18 heavy (non-hydrogen) atoms. The Hall–Kier alpha value is -0.610. The Bertz CT molecular complexity index is 300. The minimum atomic E-state index is -0.752. The molecule has 2 saturated carbocycles. The fourth-order valence-corrected chi connectivity index (χ4v) is 2.34. The van der Waals surface area contributed by atoms with Crippen LogP contribution in [-0.4, -0.2) is 47.2 Å². The van der Waals surface area contributed by atoms with Crippen molar-refractivity contribution >= 4 is 5.97 Å². The Kier molecular flexibility index (Phi) is 4.28. The lowest BCUT2D eigenvalue weighted by Gasteiger charge is -2.30. The Balaban J connectivity index is 1.80. The molecule has 2 rings (SSSR count). The predicted molar refractivity (Wildman–Crippen MR) is 71.7 cm³/mol. The molecular weight excluding hydrogens is 228 g/mol. The number of carboxylic acids is 1. The van der Waals surface area contributed by atoms with Crippen LogP contribution in [0.3, 0.4) is 0 Å². The van der Waals surface area contributed by atoms with E-state index in [0.29, 0.717) is 12.5 Å². The second kappa shape index (κ2) is 5.57. The van der Waals surface area contributed by atoms with Gasteiger partial charge in [-0.3, -0.25) is 10.1 Å². The first-order chi connectivity index (χ1) is 8.53. The number of rotatable bonds is 9. The van der Waals surface area contributed by atoms with Gasteiger partial charge in [0.15, 0.2) is 0 Å². The molecule has 0 bridgehead atoms. The van der Waals surface area contributed by atoms with Gasteiger partial charge in [-0.1, -0.05) is 6.92 Å². The van der Waals surface area contributed by atoms with Crippen molar-refractivity contribution in [1.82, 2.24) is 10.2 Å². The van der Waals surface area contributed by atoms with Crippen LogP contribution in [0.4, 0.5) is 0 Å². The van der Waals surface area contributed by atoms with Gasteiger partial charge in [0.2, 0.25) is 0 Å². The minimum Gasteiger partial charge on any atom is -0.480 e. The lowest BCUT2D eigenvalue weighted by atomic mass is 9.97. The van der Waals surface area contributed by atoms with E-state index in [2.05, 4.69) is 17.1 Å². The van der Waals surface area contributed by atoms with Crippen LogP contribution in [0.25, 0.3) is 0 Å². The van der Waals surface area contributed by atoms with E-state index in [1.807, 2.05) is 6.92 Å². The standard InChI is InChI=1S/C14H26N2O2/c1-3-16(10-11-4-5-11)9-8-14(2,13(17)18)15-12-6-7-12/h11-12,15H,3-10H2,1-2H3,(H,17,18). The zero-order valence-electron chi connectivity index (χ0n) is 11.6. The predicted octanol–water partition coefficient (Wildman–Crippen LogP) is 1.70. The van der Waals surface area contributed by atoms with Gasteiger partial charge >= 0.3 is 5.97 Å². The largest absolute Gasteiger partial charge is 0.480 e. The highest BCUT2D eigenvalue weighted by Gasteiger charge is 2.38. The summed E-state index contributed by atoms with van der Waals surface area (Å²) in [5.41, 5.74) is -0.752. The van der Waals surface area contributed by atoms with Gasteiger partial charge in [-0.2, -0.15) is 0 Å². The van der Waals surface area contributed by atoms with Crippen molar-refractivity contribution in [3.63, 3.8) is 0 Å². The van der Waals surface area contributed by atoms with Gasteiger partial charge < -0.3 is 10.0 Å². The van der Waals surface area contributed by atoms with Crippen LogP contribution in [-0.2, 0) is 4.79 Å². The van der Waals surface area contributed by atoms with Crippen LogP contribution < -0.4 is 5.32 Å². The number of hydrogen-bond donors (Lipinski definition) is 2. The second-order valence-electron chi connectivity index (χ2n) is 6.14. The lowest BCUT2D eigenvalue weighted by Crippen LogP contribution is -2.52. The topological polar surface area (TPSA) is 52.6 Å². The molecule has 2 aliphatic carbocycles. The maximum Gasteiger partial charge on any atom is 0.323 e. The number of carboxylic acid groups (broad SMARTS) is 1. The Morgan fingerprint density at radius 3 is 2.50 bits per heavy atom. The van der Waals surface area contributed by atoms with Gasteiger partial charge in [0.1, 0.15) is 5.54 Å². The Morgan fingerprint density at radius 1 is 1.39 bits per heavy atom. The van der Waals surface area contributed by atoms with E-state index in [1.165, 1.54) is 12.8 Å². The molecular formula is C14H26N2O2. The summed E-state index contributed by atoms with van der Waals surface area (Å²) in [4.78, 5) is 13.8. The molecule has 0 saturated heterocycles. The number of nitrogens with zero attached hydrogens (tertiary/aromatic N) is 1.